The average molecular weight is 402 g/mol. The lowest BCUT2D eigenvalue weighted by Gasteiger charge is -2.11. The predicted molar refractivity (Wildman–Crippen MR) is 102 cm³/mol. The van der Waals surface area contributed by atoms with Crippen LogP contribution in [0.5, 0.6) is 11.5 Å². The van der Waals surface area contributed by atoms with Crippen LogP contribution in [0.3, 0.4) is 0 Å². The number of hydrogen-bond donors (Lipinski definition) is 3. The number of hydrogen-bond acceptors (Lipinski definition) is 6. The molecule has 150 valence electrons. The summed E-state index contributed by atoms with van der Waals surface area (Å²) in [7, 11) is 0. The van der Waals surface area contributed by atoms with Crippen molar-refractivity contribution in [2.24, 2.45) is 10.8 Å². The molecule has 0 aliphatic carbocycles. The molecule has 0 saturated heterocycles. The summed E-state index contributed by atoms with van der Waals surface area (Å²) in [6.07, 6.45) is 0.0304. The van der Waals surface area contributed by atoms with Gasteiger partial charge in [-0.1, -0.05) is 18.2 Å². The summed E-state index contributed by atoms with van der Waals surface area (Å²) in [5, 5.41) is 2.82. The monoisotopic (exact) mass is 402 g/mol. The first-order valence-corrected chi connectivity index (χ1v) is 8.41. The van der Waals surface area contributed by atoms with Crippen LogP contribution < -0.4 is 21.3 Å². The number of nitrogens with one attached hydrogen (secondary N) is 2. The SMILES string of the molecule is NNC(=NCNc1cccc(C(F)(F)F)c1)c1cccc(Oc2cncnc2)c1. The van der Waals surface area contributed by atoms with Gasteiger partial charge in [0.05, 0.1) is 18.0 Å². The predicted octanol–water partition coefficient (Wildman–Crippen LogP) is 3.57. The van der Waals surface area contributed by atoms with Crippen LogP contribution in [0.4, 0.5) is 18.9 Å². The summed E-state index contributed by atoms with van der Waals surface area (Å²) in [6, 6.07) is 11.8. The average Bonchev–Trinajstić information content (AvgIpc) is 2.72. The molecule has 0 radical (unpaired) electrons. The van der Waals surface area contributed by atoms with E-state index in [1.54, 1.807) is 24.3 Å². The maximum absolute atomic E-state index is 12.8. The Morgan fingerprint density at radius 3 is 2.52 bits per heavy atom. The third kappa shape index (κ3) is 5.66. The van der Waals surface area contributed by atoms with Crippen molar-refractivity contribution in [3.05, 3.63) is 78.4 Å². The largest absolute Gasteiger partial charge is 0.454 e. The molecule has 0 atom stereocenters. The Morgan fingerprint density at radius 2 is 1.79 bits per heavy atom. The minimum atomic E-state index is -4.41. The summed E-state index contributed by atoms with van der Waals surface area (Å²) in [5.41, 5.74) is 2.67. The molecule has 0 aliphatic rings. The maximum atomic E-state index is 12.8. The zero-order valence-electron chi connectivity index (χ0n) is 15.0. The number of nitrogens with two attached hydrogens (primary N) is 1. The smallest absolute Gasteiger partial charge is 0.416 e. The highest BCUT2D eigenvalue weighted by Gasteiger charge is 2.30. The van der Waals surface area contributed by atoms with Gasteiger partial charge in [0.15, 0.2) is 5.75 Å². The third-order valence-corrected chi connectivity index (χ3v) is 3.73. The van der Waals surface area contributed by atoms with E-state index in [-0.39, 0.29) is 6.67 Å². The van der Waals surface area contributed by atoms with Crippen molar-refractivity contribution in [1.29, 1.82) is 0 Å². The maximum Gasteiger partial charge on any atom is 0.416 e. The Labute approximate surface area is 164 Å². The molecule has 4 N–H and O–H groups in total. The normalized spacial score (nSPS) is 11.8. The lowest BCUT2D eigenvalue weighted by atomic mass is 10.2. The molecule has 0 aliphatic heterocycles. The van der Waals surface area contributed by atoms with Crippen LogP contribution in [-0.4, -0.2) is 22.5 Å². The van der Waals surface area contributed by atoms with Crippen molar-refractivity contribution in [3.8, 4) is 11.5 Å². The van der Waals surface area contributed by atoms with E-state index in [0.29, 0.717) is 28.6 Å². The molecular formula is C19H17F3N6O. The number of amidine groups is 1. The lowest BCUT2D eigenvalue weighted by Crippen LogP contribution is -2.31. The quantitative estimate of drug-likeness (QED) is 0.252. The Morgan fingerprint density at radius 1 is 1.03 bits per heavy atom. The second kappa shape index (κ2) is 9.02. The van der Waals surface area contributed by atoms with E-state index < -0.39 is 11.7 Å². The second-order valence-electron chi connectivity index (χ2n) is 5.77. The molecule has 10 heteroatoms. The summed E-state index contributed by atoms with van der Waals surface area (Å²) >= 11 is 0. The zero-order chi connectivity index (χ0) is 20.7. The van der Waals surface area contributed by atoms with Crippen molar-refractivity contribution in [3.63, 3.8) is 0 Å². The van der Waals surface area contributed by atoms with Gasteiger partial charge in [-0.25, -0.2) is 20.8 Å². The first kappa shape index (κ1) is 20.1. The molecule has 1 aromatic heterocycles. The van der Waals surface area contributed by atoms with Gasteiger partial charge in [0.1, 0.15) is 24.6 Å². The summed E-state index contributed by atoms with van der Waals surface area (Å²) in [6.45, 7) is 0.0124. The molecule has 2 aromatic carbocycles. The Kier molecular flexibility index (Phi) is 6.25. The molecule has 3 rings (SSSR count). The summed E-state index contributed by atoms with van der Waals surface area (Å²) < 4.78 is 44.0. The van der Waals surface area contributed by atoms with Crippen molar-refractivity contribution >= 4 is 11.5 Å². The number of hydrazine groups is 1. The number of alkyl halides is 3. The molecule has 0 bridgehead atoms. The van der Waals surface area contributed by atoms with Crippen LogP contribution in [0, 0.1) is 0 Å². The number of nitrogens with zero attached hydrogens (tertiary/aromatic N) is 3. The molecule has 7 nitrogen and oxygen atoms in total. The fourth-order valence-electron chi connectivity index (χ4n) is 2.42. The Balaban J connectivity index is 1.69. The zero-order valence-corrected chi connectivity index (χ0v) is 15.0. The number of rotatable bonds is 6. The van der Waals surface area contributed by atoms with E-state index >= 15 is 0 Å². The van der Waals surface area contributed by atoms with Crippen molar-refractivity contribution < 1.29 is 17.9 Å². The van der Waals surface area contributed by atoms with Crippen LogP contribution in [0.1, 0.15) is 11.1 Å². The van der Waals surface area contributed by atoms with E-state index in [1.165, 1.54) is 30.9 Å². The molecule has 0 unspecified atom stereocenters. The van der Waals surface area contributed by atoms with E-state index in [9.17, 15) is 13.2 Å². The fourth-order valence-corrected chi connectivity index (χ4v) is 2.42. The molecule has 3 aromatic rings. The van der Waals surface area contributed by atoms with Gasteiger partial charge in [0.25, 0.3) is 0 Å². The van der Waals surface area contributed by atoms with Gasteiger partial charge in [0.2, 0.25) is 0 Å². The highest BCUT2D eigenvalue weighted by molar-refractivity contribution is 5.98. The molecule has 29 heavy (non-hydrogen) atoms. The van der Waals surface area contributed by atoms with Gasteiger partial charge in [-0.3, -0.25) is 0 Å². The molecular weight excluding hydrogens is 385 g/mol. The molecule has 0 fully saturated rings. The van der Waals surface area contributed by atoms with Gasteiger partial charge in [0, 0.05) is 11.3 Å². The number of aromatic nitrogens is 2. The summed E-state index contributed by atoms with van der Waals surface area (Å²) in [5.74, 6) is 6.87. The number of benzene rings is 2. The van der Waals surface area contributed by atoms with Crippen LogP contribution in [0.15, 0.2) is 72.2 Å². The third-order valence-electron chi connectivity index (χ3n) is 3.73. The van der Waals surface area contributed by atoms with Gasteiger partial charge in [-0.05, 0) is 30.3 Å². The van der Waals surface area contributed by atoms with Crippen LogP contribution in [0.25, 0.3) is 0 Å². The fraction of sp³-hybridized carbons (Fsp3) is 0.105. The molecule has 1 heterocycles. The molecule has 0 amide bonds. The van der Waals surface area contributed by atoms with E-state index in [1.807, 2.05) is 0 Å². The van der Waals surface area contributed by atoms with Gasteiger partial charge >= 0.3 is 6.18 Å². The Hall–Kier alpha value is -3.66. The minimum Gasteiger partial charge on any atom is -0.454 e. The van der Waals surface area contributed by atoms with E-state index in [4.69, 9.17) is 10.6 Å². The number of halogens is 3. The first-order chi connectivity index (χ1) is 14.0. The second-order valence-corrected chi connectivity index (χ2v) is 5.77. The number of aliphatic imine (C=N–C) groups is 1. The van der Waals surface area contributed by atoms with Crippen LogP contribution in [-0.2, 0) is 6.18 Å². The standard InChI is InChI=1S/C19H17F3N6O/c20-19(21,22)14-4-2-5-15(8-14)26-12-27-18(28-23)13-3-1-6-16(7-13)29-17-9-24-11-25-10-17/h1-11,26H,12,23H2,(H,27,28). The summed E-state index contributed by atoms with van der Waals surface area (Å²) in [4.78, 5) is 12.0. The lowest BCUT2D eigenvalue weighted by molar-refractivity contribution is -0.137. The van der Waals surface area contributed by atoms with Crippen LogP contribution in [0.2, 0.25) is 0 Å². The highest BCUT2D eigenvalue weighted by atomic mass is 19.4. The van der Waals surface area contributed by atoms with E-state index in [2.05, 4.69) is 25.7 Å². The highest BCUT2D eigenvalue weighted by Crippen LogP contribution is 2.30. The van der Waals surface area contributed by atoms with Gasteiger partial charge in [-0.2, -0.15) is 13.2 Å². The van der Waals surface area contributed by atoms with Crippen molar-refractivity contribution in [1.82, 2.24) is 15.4 Å². The topological polar surface area (TPSA) is 97.5 Å². The Bertz CT molecular complexity index is 979. The van der Waals surface area contributed by atoms with Crippen LogP contribution >= 0.6 is 0 Å². The van der Waals surface area contributed by atoms with Crippen molar-refractivity contribution in [2.45, 2.75) is 6.18 Å². The van der Waals surface area contributed by atoms with E-state index in [0.717, 1.165) is 12.1 Å². The minimum absolute atomic E-state index is 0.0124. The number of anilines is 1. The van der Waals surface area contributed by atoms with Gasteiger partial charge in [-0.15, -0.1) is 0 Å². The molecule has 0 spiro atoms. The van der Waals surface area contributed by atoms with Crippen molar-refractivity contribution in [2.75, 3.05) is 12.0 Å². The number of ether oxygens (including phenoxy) is 1. The first-order valence-electron chi connectivity index (χ1n) is 8.41. The molecule has 0 saturated carbocycles. The van der Waals surface area contributed by atoms with Gasteiger partial charge < -0.3 is 15.5 Å².